The molecule has 0 atom stereocenters. The third kappa shape index (κ3) is 2.00. The van der Waals surface area contributed by atoms with E-state index in [1.807, 2.05) is 12.1 Å². The molecule has 0 spiro atoms. The Kier molecular flexibility index (Phi) is 2.51. The summed E-state index contributed by atoms with van der Waals surface area (Å²) in [7, 11) is 0. The van der Waals surface area contributed by atoms with Crippen molar-refractivity contribution >= 4 is 21.7 Å². The zero-order valence-corrected chi connectivity index (χ0v) is 8.79. The van der Waals surface area contributed by atoms with Crippen molar-refractivity contribution < 1.29 is 0 Å². The van der Waals surface area contributed by atoms with Crippen molar-refractivity contribution in [1.29, 1.82) is 0 Å². The molecule has 3 N–H and O–H groups in total. The summed E-state index contributed by atoms with van der Waals surface area (Å²) in [5.74, 6) is 0.916. The summed E-state index contributed by atoms with van der Waals surface area (Å²) in [4.78, 5) is 4.23. The van der Waals surface area contributed by atoms with E-state index in [9.17, 15) is 0 Å². The van der Waals surface area contributed by atoms with E-state index < -0.39 is 0 Å². The molecule has 70 valence electrons. The van der Waals surface area contributed by atoms with Crippen molar-refractivity contribution in [3.8, 4) is 0 Å². The van der Waals surface area contributed by atoms with Crippen LogP contribution < -0.4 is 11.1 Å². The van der Waals surface area contributed by atoms with Crippen molar-refractivity contribution in [2.24, 2.45) is 5.73 Å². The monoisotopic (exact) mass is 241 g/mol. The van der Waals surface area contributed by atoms with Crippen LogP contribution in [0.2, 0.25) is 0 Å². The Morgan fingerprint density at radius 2 is 2.31 bits per heavy atom. The molecule has 1 aliphatic carbocycles. The number of anilines is 1. The first-order valence-electron chi connectivity index (χ1n) is 4.38. The Balaban J connectivity index is 1.98. The smallest absolute Gasteiger partial charge is 0.140 e. The van der Waals surface area contributed by atoms with Crippen molar-refractivity contribution in [3.63, 3.8) is 0 Å². The lowest BCUT2D eigenvalue weighted by molar-refractivity contribution is 0.373. The van der Waals surface area contributed by atoms with Gasteiger partial charge >= 0.3 is 0 Å². The predicted molar refractivity (Wildman–Crippen MR) is 56.6 cm³/mol. The maximum absolute atomic E-state index is 5.69. The van der Waals surface area contributed by atoms with Gasteiger partial charge in [0.2, 0.25) is 0 Å². The number of rotatable bonds is 2. The normalized spacial score (nSPS) is 26.6. The second-order valence-electron chi connectivity index (χ2n) is 3.41. The maximum Gasteiger partial charge on any atom is 0.140 e. The number of nitrogens with zero attached hydrogens (tertiary/aromatic N) is 1. The number of nitrogens with one attached hydrogen (secondary N) is 1. The van der Waals surface area contributed by atoms with E-state index in [1.165, 1.54) is 0 Å². The number of pyridine rings is 1. The van der Waals surface area contributed by atoms with E-state index in [4.69, 9.17) is 5.73 Å². The Morgan fingerprint density at radius 1 is 1.54 bits per heavy atom. The van der Waals surface area contributed by atoms with Crippen LogP contribution in [-0.2, 0) is 0 Å². The van der Waals surface area contributed by atoms with E-state index in [1.54, 1.807) is 6.20 Å². The van der Waals surface area contributed by atoms with Gasteiger partial charge in [-0.3, -0.25) is 0 Å². The molecule has 0 unspecified atom stereocenters. The average Bonchev–Trinajstić information content (AvgIpc) is 2.06. The number of hydrogen-bond acceptors (Lipinski definition) is 3. The summed E-state index contributed by atoms with van der Waals surface area (Å²) < 4.78 is 1.01. The summed E-state index contributed by atoms with van der Waals surface area (Å²) in [6.45, 7) is 0. The molecular weight excluding hydrogens is 230 g/mol. The van der Waals surface area contributed by atoms with E-state index in [0.29, 0.717) is 12.1 Å². The van der Waals surface area contributed by atoms with Crippen LogP contribution in [0.4, 0.5) is 5.82 Å². The number of aromatic nitrogens is 1. The first-order chi connectivity index (χ1) is 6.25. The van der Waals surface area contributed by atoms with Crippen molar-refractivity contribution in [3.05, 3.63) is 22.8 Å². The van der Waals surface area contributed by atoms with E-state index in [2.05, 4.69) is 26.2 Å². The Hall–Kier alpha value is -0.610. The molecule has 0 aromatic carbocycles. The van der Waals surface area contributed by atoms with E-state index in [0.717, 1.165) is 23.1 Å². The Morgan fingerprint density at radius 3 is 2.92 bits per heavy atom. The molecule has 3 nitrogen and oxygen atoms in total. The summed E-state index contributed by atoms with van der Waals surface area (Å²) in [5.41, 5.74) is 5.69. The van der Waals surface area contributed by atoms with E-state index in [-0.39, 0.29) is 0 Å². The molecule has 0 amide bonds. The fourth-order valence-electron chi connectivity index (χ4n) is 1.46. The molecule has 13 heavy (non-hydrogen) atoms. The second kappa shape index (κ2) is 3.64. The van der Waals surface area contributed by atoms with Crippen LogP contribution >= 0.6 is 15.9 Å². The van der Waals surface area contributed by atoms with Gasteiger partial charge in [0.1, 0.15) is 5.82 Å². The molecule has 4 heteroatoms. The number of nitrogens with two attached hydrogens (primary N) is 1. The molecule has 1 fully saturated rings. The molecule has 1 aromatic heterocycles. The fraction of sp³-hybridized carbons (Fsp3) is 0.444. The van der Waals surface area contributed by atoms with Crippen LogP contribution in [0.15, 0.2) is 22.8 Å². The minimum Gasteiger partial charge on any atom is -0.366 e. The highest BCUT2D eigenvalue weighted by molar-refractivity contribution is 9.10. The molecule has 0 radical (unpaired) electrons. The first-order valence-corrected chi connectivity index (χ1v) is 5.17. The first kappa shape index (κ1) is 8.97. The van der Waals surface area contributed by atoms with Crippen LogP contribution in [0.1, 0.15) is 12.8 Å². The van der Waals surface area contributed by atoms with Crippen molar-refractivity contribution in [1.82, 2.24) is 4.98 Å². The van der Waals surface area contributed by atoms with Crippen LogP contribution in [0, 0.1) is 0 Å². The lowest BCUT2D eigenvalue weighted by Crippen LogP contribution is -2.44. The highest BCUT2D eigenvalue weighted by atomic mass is 79.9. The van der Waals surface area contributed by atoms with Crippen LogP contribution in [0.5, 0.6) is 0 Å². The largest absolute Gasteiger partial charge is 0.366 e. The molecule has 1 saturated carbocycles. The molecule has 0 bridgehead atoms. The number of halogens is 1. The van der Waals surface area contributed by atoms with Gasteiger partial charge in [0.25, 0.3) is 0 Å². The molecule has 0 aliphatic heterocycles. The summed E-state index contributed by atoms with van der Waals surface area (Å²) in [5, 5.41) is 3.34. The van der Waals surface area contributed by atoms with Gasteiger partial charge < -0.3 is 11.1 Å². The highest BCUT2D eigenvalue weighted by Crippen LogP contribution is 2.25. The minimum absolute atomic E-state index is 0.375. The zero-order chi connectivity index (χ0) is 9.26. The molecule has 0 saturated heterocycles. The topological polar surface area (TPSA) is 50.9 Å². The van der Waals surface area contributed by atoms with Gasteiger partial charge in [-0.15, -0.1) is 0 Å². The van der Waals surface area contributed by atoms with Crippen LogP contribution in [0.25, 0.3) is 0 Å². The quantitative estimate of drug-likeness (QED) is 0.830. The molecular formula is C9H12BrN3. The predicted octanol–water partition coefficient (Wildman–Crippen LogP) is 1.75. The van der Waals surface area contributed by atoms with Crippen LogP contribution in [0.3, 0.4) is 0 Å². The van der Waals surface area contributed by atoms with Gasteiger partial charge in [-0.05, 0) is 40.9 Å². The second-order valence-corrected chi connectivity index (χ2v) is 4.26. The average molecular weight is 242 g/mol. The molecule has 1 aromatic rings. The lowest BCUT2D eigenvalue weighted by Gasteiger charge is -2.33. The van der Waals surface area contributed by atoms with E-state index >= 15 is 0 Å². The van der Waals surface area contributed by atoms with Gasteiger partial charge in [-0.2, -0.15) is 0 Å². The zero-order valence-electron chi connectivity index (χ0n) is 7.20. The minimum atomic E-state index is 0.375. The number of hydrogen-bond donors (Lipinski definition) is 2. The van der Waals surface area contributed by atoms with Crippen LogP contribution in [-0.4, -0.2) is 17.1 Å². The Bertz CT molecular complexity index is 297. The lowest BCUT2D eigenvalue weighted by atomic mass is 9.88. The van der Waals surface area contributed by atoms with Gasteiger partial charge in [-0.1, -0.05) is 0 Å². The Labute approximate surface area is 85.9 Å². The third-order valence-electron chi connectivity index (χ3n) is 2.27. The standard InChI is InChI=1S/C9H12BrN3/c10-8-2-1-3-12-9(8)13-7-4-6(11)5-7/h1-3,6-7H,4-5,11H2,(H,12,13). The molecule has 1 heterocycles. The van der Waals surface area contributed by atoms with Crippen molar-refractivity contribution in [2.75, 3.05) is 5.32 Å². The fourth-order valence-corrected chi connectivity index (χ4v) is 1.83. The molecule has 1 aliphatic rings. The van der Waals surface area contributed by atoms with Gasteiger partial charge in [0, 0.05) is 18.3 Å². The molecule has 2 rings (SSSR count). The highest BCUT2D eigenvalue weighted by Gasteiger charge is 2.26. The third-order valence-corrected chi connectivity index (χ3v) is 2.91. The van der Waals surface area contributed by atoms with Gasteiger partial charge in [0.15, 0.2) is 0 Å². The van der Waals surface area contributed by atoms with Gasteiger partial charge in [-0.25, -0.2) is 4.98 Å². The van der Waals surface area contributed by atoms with Gasteiger partial charge in [0.05, 0.1) is 4.47 Å². The maximum atomic E-state index is 5.69. The summed E-state index contributed by atoms with van der Waals surface area (Å²) in [6.07, 6.45) is 3.87. The van der Waals surface area contributed by atoms with Crippen molar-refractivity contribution in [2.45, 2.75) is 24.9 Å². The SMILES string of the molecule is NC1CC(Nc2ncccc2Br)C1. The summed E-state index contributed by atoms with van der Waals surface area (Å²) in [6, 6.07) is 4.76. The summed E-state index contributed by atoms with van der Waals surface area (Å²) >= 11 is 3.44.